The Morgan fingerprint density at radius 2 is 1.75 bits per heavy atom. The van der Waals surface area contributed by atoms with E-state index in [9.17, 15) is 4.79 Å². The molecule has 0 saturated heterocycles. The summed E-state index contributed by atoms with van der Waals surface area (Å²) < 4.78 is 0. The van der Waals surface area contributed by atoms with Crippen LogP contribution in [0.5, 0.6) is 0 Å². The lowest BCUT2D eigenvalue weighted by atomic mass is 10.1. The first-order valence-corrected chi connectivity index (χ1v) is 11.1. The van der Waals surface area contributed by atoms with Crippen LogP contribution < -0.4 is 0 Å². The Hall–Kier alpha value is -1.15. The van der Waals surface area contributed by atoms with Gasteiger partial charge in [0, 0.05) is 6.42 Å². The fourth-order valence-electron chi connectivity index (χ4n) is 2.20. The molecule has 0 unspecified atom stereocenters. The zero-order valence-electron chi connectivity index (χ0n) is 13.6. The molecular weight excluding hydrogens is 260 g/mol. The van der Waals surface area contributed by atoms with E-state index in [1.165, 1.54) is 10.8 Å². The Labute approximate surface area is 125 Å². The van der Waals surface area contributed by atoms with Crippen LogP contribution >= 0.6 is 0 Å². The smallest absolute Gasteiger partial charge is 0.155 e. The Bertz CT molecular complexity index is 452. The lowest BCUT2D eigenvalue weighted by molar-refractivity contribution is -0.114. The van der Waals surface area contributed by atoms with Gasteiger partial charge in [0.15, 0.2) is 5.78 Å². The zero-order chi connectivity index (χ0) is 15.2. The summed E-state index contributed by atoms with van der Waals surface area (Å²) in [6.45, 7) is 11.4. The predicted octanol–water partition coefficient (Wildman–Crippen LogP) is 5.04. The van der Waals surface area contributed by atoms with E-state index in [1.807, 2.05) is 24.3 Å². The third kappa shape index (κ3) is 6.33. The van der Waals surface area contributed by atoms with Gasteiger partial charge in [0.05, 0.1) is 8.07 Å². The Morgan fingerprint density at radius 3 is 2.25 bits per heavy atom. The van der Waals surface area contributed by atoms with Gasteiger partial charge in [0.25, 0.3) is 0 Å². The molecule has 0 aliphatic heterocycles. The van der Waals surface area contributed by atoms with Gasteiger partial charge in [-0.15, -0.1) is 0 Å². The van der Waals surface area contributed by atoms with Crippen molar-refractivity contribution in [2.24, 2.45) is 5.92 Å². The van der Waals surface area contributed by atoms with E-state index in [4.69, 9.17) is 0 Å². The van der Waals surface area contributed by atoms with Gasteiger partial charge in [0.1, 0.15) is 0 Å². The van der Waals surface area contributed by atoms with Crippen LogP contribution in [0.15, 0.2) is 41.6 Å². The number of rotatable bonds is 7. The summed E-state index contributed by atoms with van der Waals surface area (Å²) in [4.78, 5) is 12.2. The van der Waals surface area contributed by atoms with Crippen LogP contribution in [0.1, 0.15) is 32.3 Å². The molecule has 0 fully saturated rings. The number of carbonyl (C=O) groups is 1. The average molecular weight is 289 g/mol. The number of hydrogen-bond acceptors (Lipinski definition) is 1. The van der Waals surface area contributed by atoms with Crippen molar-refractivity contribution >= 4 is 13.9 Å². The Morgan fingerprint density at radius 1 is 1.15 bits per heavy atom. The molecule has 0 amide bonds. The lowest BCUT2D eigenvalue weighted by Gasteiger charge is -2.22. The molecule has 0 aliphatic rings. The maximum atomic E-state index is 12.2. The number of allylic oxidation sites excluding steroid dienone is 2. The summed E-state index contributed by atoms with van der Waals surface area (Å²) in [7, 11) is -1.38. The fourth-order valence-corrected chi connectivity index (χ4v) is 3.81. The number of benzene rings is 1. The van der Waals surface area contributed by atoms with Gasteiger partial charge in [0.2, 0.25) is 0 Å². The maximum absolute atomic E-state index is 12.2. The van der Waals surface area contributed by atoms with Crippen LogP contribution in [-0.2, 0) is 11.2 Å². The first-order valence-electron chi connectivity index (χ1n) is 7.57. The molecule has 2 heteroatoms. The van der Waals surface area contributed by atoms with Crippen molar-refractivity contribution in [3.05, 3.63) is 47.2 Å². The molecule has 0 aromatic heterocycles. The second-order valence-corrected chi connectivity index (χ2v) is 12.1. The average Bonchev–Trinajstić information content (AvgIpc) is 2.35. The minimum atomic E-state index is -1.38. The SMILES string of the molecule is CC(C)C/C(=C/C(=O)CCc1ccccc1)[Si](C)(C)C. The lowest BCUT2D eigenvalue weighted by Crippen LogP contribution is -2.26. The topological polar surface area (TPSA) is 17.1 Å². The highest BCUT2D eigenvalue weighted by Gasteiger charge is 2.21. The van der Waals surface area contributed by atoms with Crippen molar-refractivity contribution in [3.8, 4) is 0 Å². The quantitative estimate of drug-likeness (QED) is 0.507. The van der Waals surface area contributed by atoms with E-state index < -0.39 is 8.07 Å². The first kappa shape index (κ1) is 16.9. The third-order valence-electron chi connectivity index (χ3n) is 3.43. The normalized spacial score (nSPS) is 12.8. The van der Waals surface area contributed by atoms with Crippen LogP contribution in [0.3, 0.4) is 0 Å². The Kier molecular flexibility index (Phi) is 6.41. The summed E-state index contributed by atoms with van der Waals surface area (Å²) in [6.07, 6.45) is 4.48. The molecule has 1 aromatic carbocycles. The highest BCUT2D eigenvalue weighted by Crippen LogP contribution is 2.22. The second-order valence-electron chi connectivity index (χ2n) is 6.97. The van der Waals surface area contributed by atoms with Gasteiger partial charge in [-0.25, -0.2) is 0 Å². The maximum Gasteiger partial charge on any atom is 0.155 e. The molecule has 0 atom stereocenters. The molecule has 110 valence electrons. The van der Waals surface area contributed by atoms with Crippen molar-refractivity contribution in [2.45, 2.75) is 52.8 Å². The monoisotopic (exact) mass is 288 g/mol. The van der Waals surface area contributed by atoms with Crippen molar-refractivity contribution in [1.29, 1.82) is 0 Å². The van der Waals surface area contributed by atoms with Crippen LogP contribution in [-0.4, -0.2) is 13.9 Å². The van der Waals surface area contributed by atoms with E-state index in [0.29, 0.717) is 12.3 Å². The van der Waals surface area contributed by atoms with Gasteiger partial charge in [-0.05, 0) is 30.4 Å². The molecule has 0 heterocycles. The summed E-state index contributed by atoms with van der Waals surface area (Å²) >= 11 is 0. The van der Waals surface area contributed by atoms with E-state index >= 15 is 0 Å². The molecule has 0 bridgehead atoms. The molecule has 1 nitrogen and oxygen atoms in total. The van der Waals surface area contributed by atoms with Crippen LogP contribution in [0.25, 0.3) is 0 Å². The fraction of sp³-hybridized carbons (Fsp3) is 0.500. The van der Waals surface area contributed by atoms with Crippen molar-refractivity contribution in [1.82, 2.24) is 0 Å². The van der Waals surface area contributed by atoms with E-state index in [-0.39, 0.29) is 5.78 Å². The molecule has 0 saturated carbocycles. The van der Waals surface area contributed by atoms with E-state index in [0.717, 1.165) is 12.8 Å². The molecule has 0 aliphatic carbocycles. The zero-order valence-corrected chi connectivity index (χ0v) is 14.6. The Balaban J connectivity index is 2.66. The number of aryl methyl sites for hydroxylation is 1. The van der Waals surface area contributed by atoms with Crippen molar-refractivity contribution in [2.75, 3.05) is 0 Å². The number of hydrogen-bond donors (Lipinski definition) is 0. The van der Waals surface area contributed by atoms with Gasteiger partial charge >= 0.3 is 0 Å². The highest BCUT2D eigenvalue weighted by atomic mass is 28.3. The molecule has 1 aromatic rings. The van der Waals surface area contributed by atoms with Crippen LogP contribution in [0, 0.1) is 5.92 Å². The van der Waals surface area contributed by atoms with E-state index in [1.54, 1.807) is 0 Å². The summed E-state index contributed by atoms with van der Waals surface area (Å²) in [5, 5.41) is 1.41. The standard InChI is InChI=1S/C18H28OSi/c1-15(2)13-18(20(3,4)5)14-17(19)12-11-16-9-7-6-8-10-16/h6-10,14-15H,11-13H2,1-5H3/b18-14-. The predicted molar refractivity (Wildman–Crippen MR) is 90.7 cm³/mol. The third-order valence-corrected chi connectivity index (χ3v) is 5.70. The highest BCUT2D eigenvalue weighted by molar-refractivity contribution is 6.83. The minimum Gasteiger partial charge on any atom is -0.295 e. The molecule has 0 N–H and O–H groups in total. The molecule has 20 heavy (non-hydrogen) atoms. The molecular formula is C18H28OSi. The van der Waals surface area contributed by atoms with Crippen molar-refractivity contribution in [3.63, 3.8) is 0 Å². The van der Waals surface area contributed by atoms with Gasteiger partial charge in [-0.1, -0.05) is 69.0 Å². The van der Waals surface area contributed by atoms with Gasteiger partial charge < -0.3 is 0 Å². The van der Waals surface area contributed by atoms with Gasteiger partial charge in [-0.3, -0.25) is 4.79 Å². The number of carbonyl (C=O) groups excluding carboxylic acids is 1. The summed E-state index contributed by atoms with van der Waals surface area (Å²) in [6, 6.07) is 10.2. The molecule has 0 radical (unpaired) electrons. The van der Waals surface area contributed by atoms with E-state index in [2.05, 4.69) is 45.6 Å². The van der Waals surface area contributed by atoms with Crippen LogP contribution in [0.4, 0.5) is 0 Å². The van der Waals surface area contributed by atoms with Crippen molar-refractivity contribution < 1.29 is 4.79 Å². The molecule has 0 spiro atoms. The second kappa shape index (κ2) is 7.58. The minimum absolute atomic E-state index is 0.284. The summed E-state index contributed by atoms with van der Waals surface area (Å²) in [5.41, 5.74) is 1.24. The first-order chi connectivity index (χ1) is 9.29. The largest absolute Gasteiger partial charge is 0.295 e. The van der Waals surface area contributed by atoms with Gasteiger partial charge in [-0.2, -0.15) is 0 Å². The summed E-state index contributed by atoms with van der Waals surface area (Å²) in [5.74, 6) is 0.904. The van der Waals surface area contributed by atoms with Crippen LogP contribution in [0.2, 0.25) is 19.6 Å². The number of ketones is 1. The molecule has 1 rings (SSSR count).